The smallest absolute Gasteiger partial charge is 0.356 e. The van der Waals surface area contributed by atoms with E-state index in [1.165, 1.54) is 6.20 Å². The van der Waals surface area contributed by atoms with Crippen molar-refractivity contribution >= 4 is 7.60 Å². The molecule has 160 valence electrons. The van der Waals surface area contributed by atoms with E-state index in [1.54, 1.807) is 20.8 Å². The van der Waals surface area contributed by atoms with Gasteiger partial charge in [-0.3, -0.25) is 18.9 Å². The lowest BCUT2D eigenvalue weighted by atomic mass is 9.87. The Morgan fingerprint density at radius 1 is 1.36 bits per heavy atom. The number of hydrogen-bond donors (Lipinski definition) is 5. The van der Waals surface area contributed by atoms with E-state index in [-0.39, 0.29) is 19.3 Å². The minimum Gasteiger partial charge on any atom is -0.390 e. The van der Waals surface area contributed by atoms with Crippen molar-refractivity contribution in [2.75, 3.05) is 0 Å². The fourth-order valence-electron chi connectivity index (χ4n) is 3.67. The van der Waals surface area contributed by atoms with E-state index in [0.29, 0.717) is 6.42 Å². The molecule has 1 saturated carbocycles. The van der Waals surface area contributed by atoms with E-state index in [4.69, 9.17) is 4.52 Å². The fourth-order valence-corrected chi connectivity index (χ4v) is 5.09. The minimum atomic E-state index is -4.28. The van der Waals surface area contributed by atoms with Gasteiger partial charge in [0.1, 0.15) is 6.10 Å². The molecule has 1 fully saturated rings. The fraction of sp³-hybridized carbons (Fsp3) is 0.765. The third-order valence-corrected chi connectivity index (χ3v) is 7.34. The normalized spacial score (nSPS) is 30.5. The first kappa shape index (κ1) is 23.0. The van der Waals surface area contributed by atoms with Crippen molar-refractivity contribution < 1.29 is 29.3 Å². The molecule has 0 aromatic carbocycles. The number of hydrogen-bond acceptors (Lipinski definition) is 7. The lowest BCUT2D eigenvalue weighted by molar-refractivity contribution is -0.0222. The molecule has 1 aromatic heterocycles. The Morgan fingerprint density at radius 2 is 2.00 bits per heavy atom. The van der Waals surface area contributed by atoms with Crippen molar-refractivity contribution in [1.82, 2.24) is 9.55 Å². The van der Waals surface area contributed by atoms with Gasteiger partial charge in [0.25, 0.3) is 5.56 Å². The van der Waals surface area contributed by atoms with Gasteiger partial charge in [-0.05, 0) is 38.5 Å². The van der Waals surface area contributed by atoms with Crippen LogP contribution in [0.4, 0.5) is 0 Å². The van der Waals surface area contributed by atoms with Gasteiger partial charge in [0.15, 0.2) is 5.85 Å². The van der Waals surface area contributed by atoms with Crippen molar-refractivity contribution in [2.24, 2.45) is 5.92 Å². The number of nitrogens with zero attached hydrogens (tertiary/aromatic N) is 1. The van der Waals surface area contributed by atoms with Crippen LogP contribution < -0.4 is 11.2 Å². The molecule has 0 saturated heterocycles. The molecule has 11 heteroatoms. The molecule has 1 aliphatic carbocycles. The second-order valence-electron chi connectivity index (χ2n) is 7.61. The van der Waals surface area contributed by atoms with Crippen molar-refractivity contribution in [1.29, 1.82) is 0 Å². The molecule has 0 radical (unpaired) electrons. The average Bonchev–Trinajstić information content (AvgIpc) is 2.88. The van der Waals surface area contributed by atoms with Crippen LogP contribution in [0.5, 0.6) is 0 Å². The second kappa shape index (κ2) is 8.61. The number of nitrogens with one attached hydrogen (secondary N) is 1. The largest absolute Gasteiger partial charge is 0.390 e. The lowest BCUT2D eigenvalue weighted by Gasteiger charge is -2.35. The first-order valence-electron chi connectivity index (χ1n) is 9.33. The highest BCUT2D eigenvalue weighted by molar-refractivity contribution is 7.53. The van der Waals surface area contributed by atoms with Crippen LogP contribution in [0, 0.1) is 5.92 Å². The second-order valence-corrected chi connectivity index (χ2v) is 9.52. The summed E-state index contributed by atoms with van der Waals surface area (Å²) in [6, 6.07) is 0.397. The van der Waals surface area contributed by atoms with E-state index in [0.717, 1.165) is 10.6 Å². The molecule has 0 amide bonds. The monoisotopic (exact) mass is 420 g/mol. The number of aliphatic hydroxyl groups excluding tert-OH is 3. The predicted molar refractivity (Wildman–Crippen MR) is 101 cm³/mol. The summed E-state index contributed by atoms with van der Waals surface area (Å²) >= 11 is 0. The molecule has 1 aromatic rings. The average molecular weight is 420 g/mol. The molecule has 0 bridgehead atoms. The van der Waals surface area contributed by atoms with Gasteiger partial charge in [-0.25, -0.2) is 4.79 Å². The van der Waals surface area contributed by atoms with E-state index in [1.807, 2.05) is 0 Å². The zero-order valence-electron chi connectivity index (χ0n) is 16.2. The predicted octanol–water partition coefficient (Wildman–Crippen LogP) is 0.309. The highest BCUT2D eigenvalue weighted by Gasteiger charge is 2.47. The minimum absolute atomic E-state index is 0.0511. The molecular formula is C17H29N2O8P. The number of aromatic nitrogens is 2. The molecule has 1 aliphatic rings. The summed E-state index contributed by atoms with van der Waals surface area (Å²) in [5.41, 5.74) is -2.38. The molecule has 3 unspecified atom stereocenters. The Hall–Kier alpha value is -1.29. The molecule has 1 heterocycles. The van der Waals surface area contributed by atoms with Gasteiger partial charge in [0.05, 0.1) is 17.7 Å². The third kappa shape index (κ3) is 4.82. The molecule has 2 rings (SSSR count). The van der Waals surface area contributed by atoms with Crippen LogP contribution in [0.1, 0.15) is 52.5 Å². The van der Waals surface area contributed by atoms with Gasteiger partial charge in [0, 0.05) is 12.3 Å². The molecule has 7 atom stereocenters. The Morgan fingerprint density at radius 3 is 2.54 bits per heavy atom. The summed E-state index contributed by atoms with van der Waals surface area (Å²) in [6.07, 6.45) is -0.452. The maximum Gasteiger partial charge on any atom is 0.356 e. The van der Waals surface area contributed by atoms with E-state index < -0.39 is 54.5 Å². The van der Waals surface area contributed by atoms with Gasteiger partial charge < -0.3 is 24.7 Å². The van der Waals surface area contributed by atoms with Crippen molar-refractivity contribution in [3.63, 3.8) is 0 Å². The standard InChI is InChI=1S/C17H29N2O8P/c1-4-13(21)28(25,26)27-17(3,5-2)9-10-8-11(15(23)14(10)22)19-7-6-12(20)18-16(19)24/h6-7,10-11,13-15,21-23H,4-5,8-9H2,1-3H3,(H,25,26)(H,18,20,24)/t10-,11-,13?,14-,15+,17?/m1/s1. The lowest BCUT2D eigenvalue weighted by Crippen LogP contribution is -2.37. The van der Waals surface area contributed by atoms with Crippen LogP contribution in [0.15, 0.2) is 21.9 Å². The van der Waals surface area contributed by atoms with Crippen LogP contribution >= 0.6 is 7.60 Å². The van der Waals surface area contributed by atoms with Crippen molar-refractivity contribution in [3.05, 3.63) is 33.1 Å². The maximum atomic E-state index is 12.3. The number of H-pyrrole nitrogens is 1. The Bertz CT molecular complexity index is 839. The SMILES string of the molecule is CCC(O)P(=O)(O)OC(C)(CC)C[C@H]1C[C@@H](n2ccc(=O)[nH]c2=O)[C@H](O)[C@@H]1O. The van der Waals surface area contributed by atoms with E-state index in [9.17, 15) is 34.4 Å². The molecule has 5 N–H and O–H groups in total. The summed E-state index contributed by atoms with van der Waals surface area (Å²) < 4.78 is 18.9. The first-order chi connectivity index (χ1) is 12.9. The Balaban J connectivity index is 2.21. The van der Waals surface area contributed by atoms with Crippen LogP contribution in [0.25, 0.3) is 0 Å². The third-order valence-electron chi connectivity index (χ3n) is 5.51. The van der Waals surface area contributed by atoms with Gasteiger partial charge in [-0.2, -0.15) is 0 Å². The van der Waals surface area contributed by atoms with Gasteiger partial charge in [0.2, 0.25) is 0 Å². The van der Waals surface area contributed by atoms with Gasteiger partial charge in [-0.15, -0.1) is 0 Å². The van der Waals surface area contributed by atoms with Crippen molar-refractivity contribution in [2.45, 2.75) is 76.2 Å². The highest BCUT2D eigenvalue weighted by atomic mass is 31.2. The molecule has 10 nitrogen and oxygen atoms in total. The van der Waals surface area contributed by atoms with Gasteiger partial charge >= 0.3 is 13.3 Å². The summed E-state index contributed by atoms with van der Waals surface area (Å²) in [5, 5.41) is 30.6. The van der Waals surface area contributed by atoms with Crippen molar-refractivity contribution in [3.8, 4) is 0 Å². The van der Waals surface area contributed by atoms with Crippen LogP contribution in [-0.2, 0) is 9.09 Å². The number of aliphatic hydroxyl groups is 3. The zero-order chi connectivity index (χ0) is 21.3. The summed E-state index contributed by atoms with van der Waals surface area (Å²) in [5.74, 6) is -2.03. The Labute approximate surface area is 162 Å². The number of rotatable bonds is 8. The van der Waals surface area contributed by atoms with Gasteiger partial charge in [-0.1, -0.05) is 13.8 Å². The summed E-state index contributed by atoms with van der Waals surface area (Å²) in [6.45, 7) is 4.92. The van der Waals surface area contributed by atoms with Crippen LogP contribution in [-0.4, -0.2) is 53.4 Å². The van der Waals surface area contributed by atoms with Crippen LogP contribution in [0.3, 0.4) is 0 Å². The zero-order valence-corrected chi connectivity index (χ0v) is 17.1. The first-order valence-corrected chi connectivity index (χ1v) is 11.0. The van der Waals surface area contributed by atoms with E-state index >= 15 is 0 Å². The molecule has 28 heavy (non-hydrogen) atoms. The molecular weight excluding hydrogens is 391 g/mol. The topological polar surface area (TPSA) is 162 Å². The van der Waals surface area contributed by atoms with E-state index in [2.05, 4.69) is 4.98 Å². The summed E-state index contributed by atoms with van der Waals surface area (Å²) in [4.78, 5) is 35.4. The summed E-state index contributed by atoms with van der Waals surface area (Å²) in [7, 11) is -4.28. The Kier molecular flexibility index (Phi) is 7.07. The highest BCUT2D eigenvalue weighted by Crippen LogP contribution is 2.53. The molecule has 0 aliphatic heterocycles. The van der Waals surface area contributed by atoms with Crippen LogP contribution in [0.2, 0.25) is 0 Å². The number of aromatic amines is 1. The maximum absolute atomic E-state index is 12.3. The molecule has 0 spiro atoms. The quantitative estimate of drug-likeness (QED) is 0.375.